The molecule has 0 aromatic heterocycles. The summed E-state index contributed by atoms with van der Waals surface area (Å²) in [7, 11) is 0. The predicted octanol–water partition coefficient (Wildman–Crippen LogP) is 2.04. The first-order chi connectivity index (χ1) is 7.35. The van der Waals surface area contributed by atoms with Crippen molar-refractivity contribution in [1.82, 2.24) is 4.90 Å². The predicted molar refractivity (Wildman–Crippen MR) is 66.6 cm³/mol. The Balaban J connectivity index is 2.36. The lowest BCUT2D eigenvalue weighted by molar-refractivity contribution is -0.180. The second kappa shape index (κ2) is 5.48. The maximum absolute atomic E-state index is 8.74. The molecule has 0 bridgehead atoms. The van der Waals surface area contributed by atoms with E-state index in [1.54, 1.807) is 0 Å². The monoisotopic (exact) mass is 229 g/mol. The minimum absolute atomic E-state index is 0.0429. The van der Waals surface area contributed by atoms with Crippen LogP contribution in [0.15, 0.2) is 0 Å². The molecule has 0 aliphatic carbocycles. The topological polar surface area (TPSA) is 32.7 Å². The van der Waals surface area contributed by atoms with Gasteiger partial charge in [-0.15, -0.1) is 0 Å². The summed E-state index contributed by atoms with van der Waals surface area (Å²) in [5.41, 5.74) is -0.0859. The molecule has 1 aliphatic rings. The fourth-order valence-corrected chi connectivity index (χ4v) is 2.73. The third-order valence-electron chi connectivity index (χ3n) is 2.89. The quantitative estimate of drug-likeness (QED) is 0.732. The van der Waals surface area contributed by atoms with Crippen LogP contribution in [-0.2, 0) is 4.74 Å². The molecular formula is C13H27NO2. The maximum atomic E-state index is 8.74. The Morgan fingerprint density at radius 2 is 1.56 bits per heavy atom. The molecule has 0 radical (unpaired) electrons. The summed E-state index contributed by atoms with van der Waals surface area (Å²) in [4.78, 5) is 2.49. The van der Waals surface area contributed by atoms with E-state index in [1.807, 2.05) is 0 Å². The van der Waals surface area contributed by atoms with Gasteiger partial charge in [0.25, 0.3) is 0 Å². The summed E-state index contributed by atoms with van der Waals surface area (Å²) in [5, 5.41) is 8.74. The number of ether oxygens (including phenoxy) is 1. The Morgan fingerprint density at radius 1 is 1.00 bits per heavy atom. The van der Waals surface area contributed by atoms with Gasteiger partial charge in [0.1, 0.15) is 0 Å². The van der Waals surface area contributed by atoms with E-state index in [2.05, 4.69) is 32.6 Å². The van der Waals surface area contributed by atoms with Crippen molar-refractivity contribution in [3.05, 3.63) is 0 Å². The number of unbranched alkanes of at least 4 members (excludes halogenated alkanes) is 2. The van der Waals surface area contributed by atoms with Crippen molar-refractivity contribution in [2.75, 3.05) is 26.2 Å². The van der Waals surface area contributed by atoms with Gasteiger partial charge in [0, 0.05) is 19.7 Å². The molecule has 0 aromatic carbocycles. The van der Waals surface area contributed by atoms with Gasteiger partial charge in [-0.3, -0.25) is 4.90 Å². The lowest BCUT2D eigenvalue weighted by Crippen LogP contribution is -2.57. The van der Waals surface area contributed by atoms with E-state index in [4.69, 9.17) is 9.84 Å². The molecule has 1 fully saturated rings. The van der Waals surface area contributed by atoms with E-state index in [1.165, 1.54) is 6.42 Å². The summed E-state index contributed by atoms with van der Waals surface area (Å²) >= 11 is 0. The Kier molecular flexibility index (Phi) is 4.77. The second-order valence-corrected chi connectivity index (χ2v) is 6.12. The van der Waals surface area contributed by atoms with Crippen LogP contribution in [0.5, 0.6) is 0 Å². The second-order valence-electron chi connectivity index (χ2n) is 6.12. The third kappa shape index (κ3) is 4.81. The van der Waals surface area contributed by atoms with Crippen LogP contribution in [0, 0.1) is 0 Å². The van der Waals surface area contributed by atoms with E-state index in [0.29, 0.717) is 6.61 Å². The lowest BCUT2D eigenvalue weighted by atomic mass is 9.98. The number of hydrogen-bond donors (Lipinski definition) is 1. The van der Waals surface area contributed by atoms with Crippen molar-refractivity contribution in [3.63, 3.8) is 0 Å². The van der Waals surface area contributed by atoms with Gasteiger partial charge in [-0.1, -0.05) is 0 Å². The molecule has 1 saturated heterocycles. The molecule has 16 heavy (non-hydrogen) atoms. The van der Waals surface area contributed by atoms with Crippen LogP contribution in [0.1, 0.15) is 47.0 Å². The van der Waals surface area contributed by atoms with Gasteiger partial charge in [0.15, 0.2) is 0 Å². The molecule has 0 atom stereocenters. The van der Waals surface area contributed by atoms with Gasteiger partial charge in [0.2, 0.25) is 0 Å². The van der Waals surface area contributed by atoms with Crippen LogP contribution < -0.4 is 0 Å². The van der Waals surface area contributed by atoms with Crippen molar-refractivity contribution in [3.8, 4) is 0 Å². The van der Waals surface area contributed by atoms with Crippen molar-refractivity contribution in [1.29, 1.82) is 0 Å². The molecule has 1 rings (SSSR count). The van der Waals surface area contributed by atoms with Gasteiger partial charge in [-0.05, 0) is 53.5 Å². The fourth-order valence-electron chi connectivity index (χ4n) is 2.73. The van der Waals surface area contributed by atoms with E-state index in [0.717, 1.165) is 32.5 Å². The maximum Gasteiger partial charge on any atom is 0.0760 e. The first-order valence-electron chi connectivity index (χ1n) is 6.38. The molecule has 0 saturated carbocycles. The first-order valence-corrected chi connectivity index (χ1v) is 6.38. The zero-order chi connectivity index (χ0) is 12.2. The first kappa shape index (κ1) is 13.9. The zero-order valence-corrected chi connectivity index (χ0v) is 11.3. The van der Waals surface area contributed by atoms with Crippen LogP contribution in [-0.4, -0.2) is 47.4 Å². The summed E-state index contributed by atoms with van der Waals surface area (Å²) in [5.74, 6) is 0. The molecule has 1 aliphatic heterocycles. The van der Waals surface area contributed by atoms with Crippen LogP contribution in [0.3, 0.4) is 0 Å². The van der Waals surface area contributed by atoms with Crippen molar-refractivity contribution in [2.45, 2.75) is 58.2 Å². The molecule has 1 N–H and O–H groups in total. The van der Waals surface area contributed by atoms with E-state index < -0.39 is 0 Å². The fraction of sp³-hybridized carbons (Fsp3) is 1.00. The summed E-state index contributed by atoms with van der Waals surface area (Å²) in [6, 6.07) is 0. The average molecular weight is 229 g/mol. The summed E-state index contributed by atoms with van der Waals surface area (Å²) < 4.78 is 6.04. The Bertz CT molecular complexity index is 198. The number of aliphatic hydroxyl groups is 1. The molecular weight excluding hydrogens is 202 g/mol. The number of morpholine rings is 1. The van der Waals surface area contributed by atoms with Crippen molar-refractivity contribution < 1.29 is 9.84 Å². The SMILES string of the molecule is CC1(C)CN(CCCCCO)CC(C)(C)O1. The molecule has 0 aromatic rings. The summed E-state index contributed by atoms with van der Waals surface area (Å²) in [6.45, 7) is 12.1. The number of nitrogens with zero attached hydrogens (tertiary/aromatic N) is 1. The Labute approximate surface area is 99.8 Å². The van der Waals surface area contributed by atoms with Gasteiger partial charge >= 0.3 is 0 Å². The van der Waals surface area contributed by atoms with E-state index >= 15 is 0 Å². The number of hydrogen-bond acceptors (Lipinski definition) is 3. The third-order valence-corrected chi connectivity index (χ3v) is 2.89. The highest BCUT2D eigenvalue weighted by atomic mass is 16.5. The van der Waals surface area contributed by atoms with Gasteiger partial charge < -0.3 is 9.84 Å². The van der Waals surface area contributed by atoms with E-state index in [9.17, 15) is 0 Å². The van der Waals surface area contributed by atoms with Gasteiger partial charge in [0.05, 0.1) is 11.2 Å². The molecule has 0 amide bonds. The van der Waals surface area contributed by atoms with Crippen molar-refractivity contribution >= 4 is 0 Å². The molecule has 3 heteroatoms. The van der Waals surface area contributed by atoms with Crippen LogP contribution in [0.4, 0.5) is 0 Å². The molecule has 0 spiro atoms. The molecule has 96 valence electrons. The van der Waals surface area contributed by atoms with Gasteiger partial charge in [-0.2, -0.15) is 0 Å². The minimum Gasteiger partial charge on any atom is -0.396 e. The lowest BCUT2D eigenvalue weighted by Gasteiger charge is -2.47. The Hall–Kier alpha value is -0.120. The highest BCUT2D eigenvalue weighted by Gasteiger charge is 2.37. The standard InChI is InChI=1S/C13H27NO2/c1-12(2)10-14(8-6-5-7-9-15)11-13(3,4)16-12/h15H,5-11H2,1-4H3. The van der Waals surface area contributed by atoms with Crippen LogP contribution >= 0.6 is 0 Å². The molecule has 3 nitrogen and oxygen atoms in total. The largest absolute Gasteiger partial charge is 0.396 e. The zero-order valence-electron chi connectivity index (χ0n) is 11.3. The van der Waals surface area contributed by atoms with Crippen LogP contribution in [0.25, 0.3) is 0 Å². The normalized spacial score (nSPS) is 24.6. The Morgan fingerprint density at radius 3 is 2.06 bits per heavy atom. The smallest absolute Gasteiger partial charge is 0.0760 e. The van der Waals surface area contributed by atoms with Gasteiger partial charge in [-0.25, -0.2) is 0 Å². The highest BCUT2D eigenvalue weighted by molar-refractivity contribution is 4.88. The summed E-state index contributed by atoms with van der Waals surface area (Å²) in [6.07, 6.45) is 3.22. The van der Waals surface area contributed by atoms with E-state index in [-0.39, 0.29) is 11.2 Å². The van der Waals surface area contributed by atoms with Crippen molar-refractivity contribution in [2.24, 2.45) is 0 Å². The number of rotatable bonds is 5. The number of aliphatic hydroxyl groups excluding tert-OH is 1. The molecule has 1 heterocycles. The highest BCUT2D eigenvalue weighted by Crippen LogP contribution is 2.28. The van der Waals surface area contributed by atoms with Crippen LogP contribution in [0.2, 0.25) is 0 Å². The average Bonchev–Trinajstić information content (AvgIpc) is 2.07. The molecule has 0 unspecified atom stereocenters. The minimum atomic E-state index is -0.0429.